The fourth-order valence-electron chi connectivity index (χ4n) is 6.42. The van der Waals surface area contributed by atoms with Gasteiger partial charge in [-0.15, -0.1) is 10.2 Å². The second kappa shape index (κ2) is 9.71. The average Bonchev–Trinajstić information content (AvgIpc) is 3.60. The van der Waals surface area contributed by atoms with E-state index in [9.17, 15) is 48.3 Å². The lowest BCUT2D eigenvalue weighted by Crippen LogP contribution is -2.53. The van der Waals surface area contributed by atoms with Crippen molar-refractivity contribution in [1.82, 2.24) is 19.5 Å². The number of alkyl halides is 7. The van der Waals surface area contributed by atoms with Gasteiger partial charge in [-0.25, -0.2) is 17.2 Å². The minimum Gasteiger partial charge on any atom is -0.334 e. The monoisotopic (exact) mass is 644 g/mol. The maximum Gasteiger partial charge on any atom is 0.435 e. The number of fused-ring (bicyclic) bond motifs is 4. The summed E-state index contributed by atoms with van der Waals surface area (Å²) in [7, 11) is -4.59. The Kier molecular flexibility index (Phi) is 6.61. The predicted octanol–water partition coefficient (Wildman–Crippen LogP) is 5.69. The Morgan fingerprint density at radius 2 is 1.61 bits per heavy atom. The first kappa shape index (κ1) is 30.0. The van der Waals surface area contributed by atoms with Crippen LogP contribution in [0.5, 0.6) is 0 Å². The summed E-state index contributed by atoms with van der Waals surface area (Å²) < 4.78 is 138. The largest absolute Gasteiger partial charge is 0.435 e. The van der Waals surface area contributed by atoms with Crippen molar-refractivity contribution >= 4 is 21.4 Å². The van der Waals surface area contributed by atoms with E-state index >= 15 is 0 Å². The van der Waals surface area contributed by atoms with E-state index in [0.717, 1.165) is 30.3 Å². The number of aryl methyl sites for hydroxylation is 1. The highest BCUT2D eigenvalue weighted by Crippen LogP contribution is 2.56. The van der Waals surface area contributed by atoms with E-state index in [2.05, 4.69) is 10.2 Å². The molecule has 3 heterocycles. The van der Waals surface area contributed by atoms with E-state index in [-0.39, 0.29) is 53.5 Å². The van der Waals surface area contributed by atoms with Gasteiger partial charge in [0.25, 0.3) is 5.91 Å². The molecule has 0 unspecified atom stereocenters. The molecule has 6 rings (SSSR count). The maximum absolute atomic E-state index is 15.0. The third-order valence-electron chi connectivity index (χ3n) is 8.47. The van der Waals surface area contributed by atoms with Gasteiger partial charge in [-0.1, -0.05) is 18.2 Å². The van der Waals surface area contributed by atoms with Gasteiger partial charge in [-0.3, -0.25) is 9.20 Å². The normalized spacial score (nSPS) is 20.9. The van der Waals surface area contributed by atoms with Crippen molar-refractivity contribution in [2.24, 2.45) is 0 Å². The predicted molar refractivity (Wildman–Crippen MR) is 137 cm³/mol. The summed E-state index contributed by atoms with van der Waals surface area (Å²) in [5.41, 5.74) is -7.27. The summed E-state index contributed by atoms with van der Waals surface area (Å²) in [6.45, 7) is -0.149. The Morgan fingerprint density at radius 3 is 2.27 bits per heavy atom. The quantitative estimate of drug-likeness (QED) is 0.211. The number of nitrogens with zero attached hydrogens (tertiary/aromatic N) is 4. The van der Waals surface area contributed by atoms with Crippen molar-refractivity contribution in [2.75, 3.05) is 6.54 Å². The van der Waals surface area contributed by atoms with Crippen LogP contribution in [0.15, 0.2) is 72.0 Å². The molecule has 0 saturated carbocycles. The van der Waals surface area contributed by atoms with Crippen LogP contribution >= 0.6 is 0 Å². The van der Waals surface area contributed by atoms with Gasteiger partial charge in [-0.05, 0) is 66.8 Å². The Hall–Kier alpha value is -4.08. The first-order valence-corrected chi connectivity index (χ1v) is 14.6. The molecule has 1 saturated heterocycles. The van der Waals surface area contributed by atoms with Crippen LogP contribution in [0, 0.1) is 5.82 Å². The van der Waals surface area contributed by atoms with Gasteiger partial charge < -0.3 is 4.90 Å². The number of halogens is 8. The van der Waals surface area contributed by atoms with Crippen LogP contribution in [-0.2, 0) is 26.7 Å². The van der Waals surface area contributed by atoms with Gasteiger partial charge in [0.1, 0.15) is 16.9 Å². The number of sulfone groups is 1. The standard InChI is InChI=1S/C28H20F8N4O3S/c29-19-4-6-20(7-5-19)44(42,43)25-11-12-40(24(41)17-2-10-23-38-37-15-39(23)14-17)22(25)9-1-16-13-18(3-8-21(16)25)26(30,27(31,32)33)28(34,35)36/h2-8,10,13-15,22H,1,9,11-12H2/t22-,25-/m0/s1. The number of hydrogen-bond acceptors (Lipinski definition) is 5. The summed E-state index contributed by atoms with van der Waals surface area (Å²) in [5, 5.41) is 7.60. The number of aromatic nitrogens is 3. The van der Waals surface area contributed by atoms with Crippen LogP contribution in [0.2, 0.25) is 0 Å². The average molecular weight is 645 g/mol. The fourth-order valence-corrected chi connectivity index (χ4v) is 8.78. The number of pyridine rings is 1. The third kappa shape index (κ3) is 4.13. The van der Waals surface area contributed by atoms with Crippen molar-refractivity contribution < 1.29 is 48.3 Å². The highest BCUT2D eigenvalue weighted by molar-refractivity contribution is 7.92. The van der Waals surface area contributed by atoms with Crippen LogP contribution < -0.4 is 0 Å². The van der Waals surface area contributed by atoms with Gasteiger partial charge in [0.15, 0.2) is 15.5 Å². The molecule has 2 aliphatic rings. The number of benzene rings is 2. The Morgan fingerprint density at radius 1 is 0.932 bits per heavy atom. The van der Waals surface area contributed by atoms with Gasteiger partial charge in [-0.2, -0.15) is 26.3 Å². The molecule has 232 valence electrons. The van der Waals surface area contributed by atoms with E-state index in [1.54, 1.807) is 0 Å². The molecule has 16 heteroatoms. The summed E-state index contributed by atoms with van der Waals surface area (Å²) in [6.07, 6.45) is -10.7. The zero-order valence-electron chi connectivity index (χ0n) is 22.2. The highest BCUT2D eigenvalue weighted by atomic mass is 32.2. The van der Waals surface area contributed by atoms with Crippen LogP contribution in [-0.4, -0.2) is 58.8 Å². The van der Waals surface area contributed by atoms with E-state index in [1.807, 2.05) is 0 Å². The molecule has 7 nitrogen and oxygen atoms in total. The molecule has 1 fully saturated rings. The van der Waals surface area contributed by atoms with Gasteiger partial charge in [0.05, 0.1) is 16.5 Å². The molecular weight excluding hydrogens is 624 g/mol. The second-order valence-electron chi connectivity index (χ2n) is 10.7. The summed E-state index contributed by atoms with van der Waals surface area (Å²) in [5.74, 6) is -1.34. The minimum absolute atomic E-state index is 0.144. The van der Waals surface area contributed by atoms with Gasteiger partial charge in [0.2, 0.25) is 0 Å². The first-order valence-electron chi connectivity index (χ1n) is 13.1. The number of hydrogen-bond donors (Lipinski definition) is 0. The van der Waals surface area contributed by atoms with Crippen molar-refractivity contribution in [3.8, 4) is 0 Å². The zero-order valence-corrected chi connectivity index (χ0v) is 23.0. The molecule has 1 aliphatic carbocycles. The summed E-state index contributed by atoms with van der Waals surface area (Å²) in [4.78, 5) is 14.7. The smallest absolute Gasteiger partial charge is 0.334 e. The fraction of sp³-hybridized carbons (Fsp3) is 0.321. The number of amides is 1. The molecule has 0 bridgehead atoms. The molecule has 44 heavy (non-hydrogen) atoms. The zero-order chi connectivity index (χ0) is 31.9. The molecular formula is C28H20F8N4O3S. The van der Waals surface area contributed by atoms with Crippen molar-refractivity contribution in [1.29, 1.82) is 0 Å². The number of carbonyl (C=O) groups excluding carboxylic acids is 1. The highest BCUT2D eigenvalue weighted by Gasteiger charge is 2.73. The van der Waals surface area contributed by atoms with Crippen LogP contribution in [0.3, 0.4) is 0 Å². The van der Waals surface area contributed by atoms with Crippen LogP contribution in [0.1, 0.15) is 39.9 Å². The first-order chi connectivity index (χ1) is 20.5. The lowest BCUT2D eigenvalue weighted by atomic mass is 9.76. The van der Waals surface area contributed by atoms with E-state index < -0.39 is 55.9 Å². The summed E-state index contributed by atoms with van der Waals surface area (Å²) in [6, 6.07) is 7.06. The lowest BCUT2D eigenvalue weighted by molar-refractivity contribution is -0.348. The summed E-state index contributed by atoms with van der Waals surface area (Å²) >= 11 is 0. The second-order valence-corrected chi connectivity index (χ2v) is 12.9. The van der Waals surface area contributed by atoms with Crippen LogP contribution in [0.4, 0.5) is 35.1 Å². The molecule has 0 radical (unpaired) electrons. The molecule has 0 spiro atoms. The van der Waals surface area contributed by atoms with Gasteiger partial charge >= 0.3 is 18.0 Å². The minimum atomic E-state index is -6.36. The molecule has 0 N–H and O–H groups in total. The SMILES string of the molecule is O=C(c1ccc2nncn2c1)N1CC[C@]2(S(=O)(=O)c3ccc(F)cc3)c3ccc(C(F)(C(F)(F)F)C(F)(F)F)cc3CC[C@H]12. The van der Waals surface area contributed by atoms with Crippen molar-refractivity contribution in [3.63, 3.8) is 0 Å². The van der Waals surface area contributed by atoms with Crippen molar-refractivity contribution in [2.45, 2.75) is 53.0 Å². The van der Waals surface area contributed by atoms with E-state index in [1.165, 1.54) is 34.0 Å². The Bertz CT molecular complexity index is 1880. The Labute approximate surface area is 244 Å². The molecule has 4 aromatic rings. The number of rotatable bonds is 4. The number of likely N-dealkylation sites (tertiary alicyclic amines) is 1. The van der Waals surface area contributed by atoms with Crippen molar-refractivity contribution in [3.05, 3.63) is 95.2 Å². The number of carbonyl (C=O) groups is 1. The molecule has 2 atom stereocenters. The topological polar surface area (TPSA) is 84.6 Å². The third-order valence-corrected chi connectivity index (χ3v) is 11.0. The molecule has 1 amide bonds. The lowest BCUT2D eigenvalue weighted by Gasteiger charge is -2.43. The van der Waals surface area contributed by atoms with Crippen LogP contribution in [0.25, 0.3) is 5.65 Å². The maximum atomic E-state index is 15.0. The Balaban J connectivity index is 1.52. The molecule has 2 aromatic heterocycles. The van der Waals surface area contributed by atoms with E-state index in [0.29, 0.717) is 11.7 Å². The molecule has 2 aromatic carbocycles. The van der Waals surface area contributed by atoms with E-state index in [4.69, 9.17) is 0 Å². The molecule has 1 aliphatic heterocycles. The van der Waals surface area contributed by atoms with Gasteiger partial charge in [0, 0.05) is 18.3 Å².